The fourth-order valence-electron chi connectivity index (χ4n) is 4.59. The van der Waals surface area contributed by atoms with Gasteiger partial charge in [-0.15, -0.1) is 5.10 Å². The molecule has 1 saturated heterocycles. The number of fused-ring (bicyclic) bond motifs is 1. The van der Waals surface area contributed by atoms with E-state index in [4.69, 9.17) is 0 Å². The Morgan fingerprint density at radius 2 is 1.81 bits per heavy atom. The number of carboxylic acid groups (broad SMARTS) is 1. The van der Waals surface area contributed by atoms with Crippen LogP contribution in [0.5, 0.6) is 0 Å². The van der Waals surface area contributed by atoms with Crippen LogP contribution in [-0.4, -0.2) is 55.0 Å². The summed E-state index contributed by atoms with van der Waals surface area (Å²) in [6.45, 7) is 0.307. The zero-order valence-corrected chi connectivity index (χ0v) is 18.9. The van der Waals surface area contributed by atoms with Crippen LogP contribution < -0.4 is 0 Å². The Kier molecular flexibility index (Phi) is 5.91. The Bertz CT molecular complexity index is 1480. The molecule has 5 rings (SSSR count). The zero-order valence-electron chi connectivity index (χ0n) is 18.9. The monoisotopic (exact) mass is 495 g/mol. The van der Waals surface area contributed by atoms with Gasteiger partial charge < -0.3 is 10.0 Å². The van der Waals surface area contributed by atoms with E-state index in [0.717, 1.165) is 12.1 Å². The maximum atomic E-state index is 14.1. The molecule has 2 aromatic carbocycles. The standard InChI is InChI=1S/C25H20F3N5O3/c26-16-9-15-3-6-29-13-20(15)19(10-16)23(34)32-7-4-25(5-8-32,24(35)36)12-17-14-33(31-30-17)18-1-2-21(27)22(28)11-18/h1-3,6,9-11,13-14H,4-5,7-8,12H2,(H,35,36). The number of amides is 1. The van der Waals surface area contributed by atoms with Crippen molar-refractivity contribution in [2.45, 2.75) is 19.3 Å². The molecule has 1 amide bonds. The molecule has 1 aliphatic heterocycles. The molecule has 0 unspecified atom stereocenters. The Balaban J connectivity index is 1.34. The number of aliphatic carboxylic acids is 1. The highest BCUT2D eigenvalue weighted by Crippen LogP contribution is 2.36. The van der Waals surface area contributed by atoms with Gasteiger partial charge >= 0.3 is 5.97 Å². The highest BCUT2D eigenvalue weighted by atomic mass is 19.2. The fraction of sp³-hybridized carbons (Fsp3) is 0.240. The van der Waals surface area contributed by atoms with E-state index in [1.54, 1.807) is 6.07 Å². The van der Waals surface area contributed by atoms with Crippen LogP contribution in [0, 0.1) is 22.9 Å². The summed E-state index contributed by atoms with van der Waals surface area (Å²) in [6, 6.07) is 7.38. The molecule has 4 aromatic rings. The largest absolute Gasteiger partial charge is 0.481 e. The summed E-state index contributed by atoms with van der Waals surface area (Å²) < 4.78 is 42.2. The summed E-state index contributed by atoms with van der Waals surface area (Å²) >= 11 is 0. The first-order valence-electron chi connectivity index (χ1n) is 11.2. The van der Waals surface area contributed by atoms with Gasteiger partial charge in [0.2, 0.25) is 0 Å². The van der Waals surface area contributed by atoms with Crippen LogP contribution in [0.4, 0.5) is 13.2 Å². The van der Waals surface area contributed by atoms with Gasteiger partial charge in [0.15, 0.2) is 11.6 Å². The Labute approximate surface area is 203 Å². The molecule has 36 heavy (non-hydrogen) atoms. The molecule has 0 saturated carbocycles. The molecule has 1 fully saturated rings. The predicted molar refractivity (Wildman–Crippen MR) is 122 cm³/mol. The van der Waals surface area contributed by atoms with E-state index in [9.17, 15) is 27.9 Å². The van der Waals surface area contributed by atoms with E-state index >= 15 is 0 Å². The number of carboxylic acids is 1. The molecule has 1 N–H and O–H groups in total. The molecule has 0 bridgehead atoms. The first kappa shape index (κ1) is 23.5. The third-order valence-electron chi connectivity index (χ3n) is 6.64. The van der Waals surface area contributed by atoms with Crippen molar-refractivity contribution in [2.24, 2.45) is 5.41 Å². The predicted octanol–water partition coefficient (Wildman–Crippen LogP) is 3.78. The van der Waals surface area contributed by atoms with Gasteiger partial charge in [-0.3, -0.25) is 14.6 Å². The zero-order chi connectivity index (χ0) is 25.4. The van der Waals surface area contributed by atoms with Gasteiger partial charge in [-0.2, -0.15) is 0 Å². The molecule has 11 heteroatoms. The van der Waals surface area contributed by atoms with E-state index < -0.39 is 34.7 Å². The topological polar surface area (TPSA) is 101 Å². The second-order valence-corrected chi connectivity index (χ2v) is 8.86. The first-order valence-corrected chi connectivity index (χ1v) is 11.2. The third kappa shape index (κ3) is 4.28. The van der Waals surface area contributed by atoms with Gasteiger partial charge in [-0.05, 0) is 48.6 Å². The van der Waals surface area contributed by atoms with E-state index in [1.807, 2.05) is 0 Å². The number of carbonyl (C=O) groups is 2. The maximum Gasteiger partial charge on any atom is 0.310 e. The number of likely N-dealkylation sites (tertiary alicyclic amines) is 1. The molecule has 0 radical (unpaired) electrons. The number of benzene rings is 2. The van der Waals surface area contributed by atoms with Gasteiger partial charge in [0.1, 0.15) is 5.82 Å². The summed E-state index contributed by atoms with van der Waals surface area (Å²) in [4.78, 5) is 31.1. The number of halogens is 3. The van der Waals surface area contributed by atoms with Crippen LogP contribution in [0.2, 0.25) is 0 Å². The van der Waals surface area contributed by atoms with Crippen molar-refractivity contribution in [1.29, 1.82) is 0 Å². The van der Waals surface area contributed by atoms with Crippen molar-refractivity contribution in [2.75, 3.05) is 13.1 Å². The van der Waals surface area contributed by atoms with E-state index in [2.05, 4.69) is 15.3 Å². The minimum atomic E-state index is -1.20. The van der Waals surface area contributed by atoms with Crippen LogP contribution in [0.3, 0.4) is 0 Å². The number of aromatic nitrogens is 4. The van der Waals surface area contributed by atoms with Crippen LogP contribution in [0.1, 0.15) is 28.9 Å². The maximum absolute atomic E-state index is 14.1. The summed E-state index contributed by atoms with van der Waals surface area (Å²) in [5.74, 6) is -4.00. The lowest BCUT2D eigenvalue weighted by Gasteiger charge is -2.38. The number of carbonyl (C=O) groups excluding carboxylic acids is 1. The van der Waals surface area contributed by atoms with Crippen molar-refractivity contribution in [3.05, 3.63) is 83.7 Å². The van der Waals surface area contributed by atoms with E-state index in [0.29, 0.717) is 16.5 Å². The summed E-state index contributed by atoms with van der Waals surface area (Å²) in [5, 5.41) is 19.1. The smallest absolute Gasteiger partial charge is 0.310 e. The van der Waals surface area contributed by atoms with E-state index in [1.165, 1.54) is 46.4 Å². The molecule has 3 heterocycles. The number of nitrogens with zero attached hydrogens (tertiary/aromatic N) is 5. The Hall–Kier alpha value is -4.28. The molecule has 1 aliphatic rings. The average Bonchev–Trinajstić information content (AvgIpc) is 3.33. The lowest BCUT2D eigenvalue weighted by atomic mass is 9.75. The normalized spacial score (nSPS) is 15.2. The highest BCUT2D eigenvalue weighted by Gasteiger charge is 2.43. The molecule has 2 aromatic heterocycles. The number of piperidine rings is 1. The molecule has 8 nitrogen and oxygen atoms in total. The van der Waals surface area contributed by atoms with Crippen LogP contribution in [-0.2, 0) is 11.2 Å². The lowest BCUT2D eigenvalue weighted by Crippen LogP contribution is -2.47. The summed E-state index contributed by atoms with van der Waals surface area (Å²) in [6.07, 6.45) is 4.83. The van der Waals surface area contributed by atoms with Crippen LogP contribution in [0.25, 0.3) is 16.5 Å². The van der Waals surface area contributed by atoms with Crippen molar-refractivity contribution in [3.63, 3.8) is 0 Å². The van der Waals surface area contributed by atoms with Crippen molar-refractivity contribution < 1.29 is 27.9 Å². The van der Waals surface area contributed by atoms with Crippen molar-refractivity contribution in [3.8, 4) is 5.69 Å². The SMILES string of the molecule is O=C(c1cc(F)cc2ccncc12)N1CCC(Cc2cn(-c3ccc(F)c(F)c3)nn2)(C(=O)O)CC1. The van der Waals surface area contributed by atoms with Gasteiger partial charge in [-0.1, -0.05) is 5.21 Å². The van der Waals surface area contributed by atoms with Crippen LogP contribution in [0.15, 0.2) is 55.0 Å². The first-order chi connectivity index (χ1) is 17.3. The lowest BCUT2D eigenvalue weighted by molar-refractivity contribution is -0.151. The van der Waals surface area contributed by atoms with Crippen LogP contribution >= 0.6 is 0 Å². The number of hydrogen-bond acceptors (Lipinski definition) is 5. The average molecular weight is 495 g/mol. The summed E-state index contributed by atoms with van der Waals surface area (Å²) in [7, 11) is 0. The molecule has 0 aliphatic carbocycles. The number of rotatable bonds is 5. The van der Waals surface area contributed by atoms with E-state index in [-0.39, 0.29) is 43.6 Å². The Morgan fingerprint density at radius 3 is 2.53 bits per heavy atom. The second-order valence-electron chi connectivity index (χ2n) is 8.86. The quantitative estimate of drug-likeness (QED) is 0.452. The minimum Gasteiger partial charge on any atom is -0.481 e. The molecular weight excluding hydrogens is 475 g/mol. The molecular formula is C25H20F3N5O3. The van der Waals surface area contributed by atoms with Crippen molar-refractivity contribution in [1.82, 2.24) is 24.9 Å². The van der Waals surface area contributed by atoms with Gasteiger partial charge in [-0.25, -0.2) is 17.9 Å². The number of pyridine rings is 1. The summed E-state index contributed by atoms with van der Waals surface area (Å²) in [5.41, 5.74) is -0.411. The molecule has 0 atom stereocenters. The van der Waals surface area contributed by atoms with Gasteiger partial charge in [0, 0.05) is 43.4 Å². The Morgan fingerprint density at radius 1 is 1.03 bits per heavy atom. The fourth-order valence-corrected chi connectivity index (χ4v) is 4.59. The highest BCUT2D eigenvalue weighted by molar-refractivity contribution is 6.06. The van der Waals surface area contributed by atoms with Gasteiger partial charge in [0.25, 0.3) is 5.91 Å². The second kappa shape index (κ2) is 9.06. The molecule has 0 spiro atoms. The minimum absolute atomic E-state index is 0.0425. The third-order valence-corrected chi connectivity index (χ3v) is 6.64. The molecule has 184 valence electrons. The van der Waals surface area contributed by atoms with Gasteiger partial charge in [0.05, 0.1) is 28.6 Å². The number of hydrogen-bond donors (Lipinski definition) is 1. The van der Waals surface area contributed by atoms with Crippen molar-refractivity contribution >= 4 is 22.6 Å².